The van der Waals surface area contributed by atoms with E-state index in [0.29, 0.717) is 18.4 Å². The van der Waals surface area contributed by atoms with Crippen molar-refractivity contribution >= 4 is 0 Å². The van der Waals surface area contributed by atoms with Crippen molar-refractivity contribution in [1.29, 1.82) is 0 Å². The van der Waals surface area contributed by atoms with Crippen molar-refractivity contribution in [2.75, 3.05) is 13.3 Å². The van der Waals surface area contributed by atoms with Gasteiger partial charge in [0.1, 0.15) is 12.3 Å². The number of unbranched alkanes of at least 4 members (excludes halogenated alkanes) is 1. The van der Waals surface area contributed by atoms with Gasteiger partial charge in [0.05, 0.1) is 19.4 Å². The molecule has 0 aliphatic carbocycles. The number of rotatable bonds is 9. The highest BCUT2D eigenvalue weighted by Gasteiger charge is 2.35. The summed E-state index contributed by atoms with van der Waals surface area (Å²) in [5.74, 6) is 0. The normalized spacial score (nSPS) is 21.3. The quantitative estimate of drug-likeness (QED) is 0.600. The van der Waals surface area contributed by atoms with Crippen LogP contribution in [0.3, 0.4) is 0 Å². The molecule has 0 unspecified atom stereocenters. The predicted octanol–water partition coefficient (Wildman–Crippen LogP) is 1.49. The Bertz CT molecular complexity index is 953. The monoisotopic (exact) mass is 420 g/mol. The van der Waals surface area contributed by atoms with Gasteiger partial charge < -0.3 is 14.9 Å². The van der Waals surface area contributed by atoms with Crippen molar-refractivity contribution in [3.05, 3.63) is 68.0 Å². The molecule has 7 nitrogen and oxygen atoms in total. The first kappa shape index (κ1) is 22.4. The molecule has 0 saturated carbocycles. The molecule has 30 heavy (non-hydrogen) atoms. The van der Waals surface area contributed by atoms with Gasteiger partial charge in [-0.15, -0.1) is 0 Å². The van der Waals surface area contributed by atoms with Gasteiger partial charge in [0, 0.05) is 31.1 Å². The number of halogens is 1. The molecule has 1 aromatic heterocycles. The van der Waals surface area contributed by atoms with E-state index in [-0.39, 0.29) is 31.8 Å². The zero-order chi connectivity index (χ0) is 21.7. The first-order valence-corrected chi connectivity index (χ1v) is 10.4. The van der Waals surface area contributed by atoms with Crippen LogP contribution in [0.25, 0.3) is 0 Å². The second-order valence-corrected chi connectivity index (χ2v) is 7.79. The van der Waals surface area contributed by atoms with E-state index in [4.69, 9.17) is 4.74 Å². The summed E-state index contributed by atoms with van der Waals surface area (Å²) in [4.78, 5) is 25.4. The van der Waals surface area contributed by atoms with Crippen molar-refractivity contribution in [3.8, 4) is 0 Å². The van der Waals surface area contributed by atoms with Gasteiger partial charge in [-0.25, -0.2) is 4.79 Å². The standard InChI is InChI=1S/C22H29FN2O5/c1-15-13-25(20-12-18(27)19(14-26)30-20)22(29)24(21(15)28)11-3-2-4-16-5-7-17(8-6-16)9-10-23/h5-8,13,18-20,26-27H,2-4,9-12,14H2,1H3/t18-,19+,20+/m0/s1. The van der Waals surface area contributed by atoms with Crippen LogP contribution in [-0.2, 0) is 24.1 Å². The lowest BCUT2D eigenvalue weighted by molar-refractivity contribution is -0.0464. The van der Waals surface area contributed by atoms with Crippen LogP contribution in [0.2, 0.25) is 0 Å². The van der Waals surface area contributed by atoms with E-state index in [0.717, 1.165) is 24.0 Å². The van der Waals surface area contributed by atoms with Gasteiger partial charge in [-0.05, 0) is 37.3 Å². The highest BCUT2D eigenvalue weighted by molar-refractivity contribution is 5.22. The maximum absolute atomic E-state index is 12.9. The first-order chi connectivity index (χ1) is 14.4. The number of nitrogens with zero attached hydrogens (tertiary/aromatic N) is 2. The average Bonchev–Trinajstić information content (AvgIpc) is 3.12. The minimum atomic E-state index is -0.858. The van der Waals surface area contributed by atoms with Crippen molar-refractivity contribution in [2.45, 2.75) is 64.0 Å². The number of alkyl halides is 1. The van der Waals surface area contributed by atoms with Crippen molar-refractivity contribution < 1.29 is 19.3 Å². The Morgan fingerprint density at radius 1 is 1.13 bits per heavy atom. The van der Waals surface area contributed by atoms with Crippen LogP contribution < -0.4 is 11.2 Å². The van der Waals surface area contributed by atoms with Gasteiger partial charge in [0.2, 0.25) is 0 Å². The fourth-order valence-electron chi connectivity index (χ4n) is 3.79. The molecule has 3 atom stereocenters. The van der Waals surface area contributed by atoms with E-state index >= 15 is 0 Å². The summed E-state index contributed by atoms with van der Waals surface area (Å²) in [5.41, 5.74) is 1.72. The van der Waals surface area contributed by atoms with E-state index in [1.807, 2.05) is 24.3 Å². The fourth-order valence-corrected chi connectivity index (χ4v) is 3.79. The van der Waals surface area contributed by atoms with E-state index in [1.54, 1.807) is 6.92 Å². The van der Waals surface area contributed by atoms with Crippen molar-refractivity contribution in [1.82, 2.24) is 9.13 Å². The zero-order valence-corrected chi connectivity index (χ0v) is 17.2. The maximum Gasteiger partial charge on any atom is 0.333 e. The van der Waals surface area contributed by atoms with Crippen LogP contribution in [0.4, 0.5) is 4.39 Å². The van der Waals surface area contributed by atoms with Crippen LogP contribution in [0, 0.1) is 6.92 Å². The SMILES string of the molecule is Cc1cn([C@H]2C[C@H](O)[C@@H](CO)O2)c(=O)n(CCCCc2ccc(CCF)cc2)c1=O. The molecule has 0 amide bonds. The Morgan fingerprint density at radius 3 is 2.40 bits per heavy atom. The van der Waals surface area contributed by atoms with E-state index in [2.05, 4.69) is 0 Å². The molecule has 2 N–H and O–H groups in total. The van der Waals surface area contributed by atoms with Gasteiger partial charge in [-0.3, -0.25) is 18.3 Å². The van der Waals surface area contributed by atoms with E-state index < -0.39 is 24.1 Å². The Hall–Kier alpha value is -2.29. The average molecular weight is 420 g/mol. The molecule has 1 aliphatic rings. The number of benzene rings is 1. The fraction of sp³-hybridized carbons (Fsp3) is 0.545. The zero-order valence-electron chi connectivity index (χ0n) is 17.2. The molecule has 2 heterocycles. The molecule has 0 radical (unpaired) electrons. The summed E-state index contributed by atoms with van der Waals surface area (Å²) in [6.45, 7) is 1.23. The summed E-state index contributed by atoms with van der Waals surface area (Å²) in [6, 6.07) is 7.82. The highest BCUT2D eigenvalue weighted by Crippen LogP contribution is 2.27. The molecule has 3 rings (SSSR count). The van der Waals surface area contributed by atoms with Crippen LogP contribution in [0.1, 0.15) is 42.2 Å². The van der Waals surface area contributed by atoms with Crippen LogP contribution in [-0.4, -0.2) is 44.8 Å². The van der Waals surface area contributed by atoms with Gasteiger partial charge >= 0.3 is 5.69 Å². The summed E-state index contributed by atoms with van der Waals surface area (Å²) < 4.78 is 20.5. The second-order valence-electron chi connectivity index (χ2n) is 7.79. The molecule has 1 fully saturated rings. The van der Waals surface area contributed by atoms with Crippen molar-refractivity contribution in [3.63, 3.8) is 0 Å². The van der Waals surface area contributed by atoms with Crippen molar-refractivity contribution in [2.24, 2.45) is 0 Å². The molecule has 8 heteroatoms. The number of hydrogen-bond acceptors (Lipinski definition) is 5. The summed E-state index contributed by atoms with van der Waals surface area (Å²) in [6.07, 6.45) is 2.01. The first-order valence-electron chi connectivity index (χ1n) is 10.4. The molecule has 1 aliphatic heterocycles. The number of aryl methyl sites for hydroxylation is 3. The van der Waals surface area contributed by atoms with Gasteiger partial charge in [-0.2, -0.15) is 0 Å². The molecular formula is C22H29FN2O5. The Labute approximate surface area is 174 Å². The van der Waals surface area contributed by atoms with Gasteiger partial charge in [-0.1, -0.05) is 24.3 Å². The predicted molar refractivity (Wildman–Crippen MR) is 110 cm³/mol. The summed E-state index contributed by atoms with van der Waals surface area (Å²) in [7, 11) is 0. The topological polar surface area (TPSA) is 93.7 Å². The lowest BCUT2D eigenvalue weighted by atomic mass is 10.0. The molecule has 1 aromatic carbocycles. The Balaban J connectivity index is 1.65. The number of aliphatic hydroxyl groups excluding tert-OH is 2. The summed E-state index contributed by atoms with van der Waals surface area (Å²) >= 11 is 0. The number of aromatic nitrogens is 2. The minimum absolute atomic E-state index is 0.182. The Morgan fingerprint density at radius 2 is 1.80 bits per heavy atom. The van der Waals surface area contributed by atoms with Crippen LogP contribution >= 0.6 is 0 Å². The molecular weight excluding hydrogens is 391 g/mol. The second kappa shape index (κ2) is 10.1. The van der Waals surface area contributed by atoms with Crippen LogP contribution in [0.15, 0.2) is 40.1 Å². The van der Waals surface area contributed by atoms with Gasteiger partial charge in [0.25, 0.3) is 5.56 Å². The van der Waals surface area contributed by atoms with E-state index in [9.17, 15) is 24.2 Å². The number of hydrogen-bond donors (Lipinski definition) is 2. The van der Waals surface area contributed by atoms with Gasteiger partial charge in [0.15, 0.2) is 0 Å². The molecule has 2 aromatic rings. The third-order valence-electron chi connectivity index (χ3n) is 5.56. The van der Waals surface area contributed by atoms with E-state index in [1.165, 1.54) is 15.3 Å². The number of aliphatic hydroxyl groups is 2. The third kappa shape index (κ3) is 5.06. The largest absolute Gasteiger partial charge is 0.394 e. The Kier molecular flexibility index (Phi) is 7.58. The molecule has 0 bridgehead atoms. The number of ether oxygens (including phenoxy) is 1. The minimum Gasteiger partial charge on any atom is -0.394 e. The smallest absolute Gasteiger partial charge is 0.333 e. The highest BCUT2D eigenvalue weighted by atomic mass is 19.1. The maximum atomic E-state index is 12.9. The third-order valence-corrected chi connectivity index (χ3v) is 5.56. The molecule has 0 spiro atoms. The molecule has 1 saturated heterocycles. The van der Waals surface area contributed by atoms with Crippen LogP contribution in [0.5, 0.6) is 0 Å². The summed E-state index contributed by atoms with van der Waals surface area (Å²) in [5, 5.41) is 19.2. The lowest BCUT2D eigenvalue weighted by Crippen LogP contribution is -2.42. The lowest BCUT2D eigenvalue weighted by Gasteiger charge is -2.17. The molecule has 164 valence electrons.